The predicted molar refractivity (Wildman–Crippen MR) is 101 cm³/mol. The fraction of sp³-hybridized carbons (Fsp3) is 0.500. The van der Waals surface area contributed by atoms with E-state index >= 15 is 0 Å². The minimum atomic E-state index is -3.51. The van der Waals surface area contributed by atoms with Gasteiger partial charge in [0.25, 0.3) is 5.91 Å². The Morgan fingerprint density at radius 2 is 2.00 bits per heavy atom. The number of amides is 1. The molecule has 0 spiro atoms. The fourth-order valence-corrected chi connectivity index (χ4v) is 6.25. The molecule has 1 fully saturated rings. The van der Waals surface area contributed by atoms with Gasteiger partial charge in [0.2, 0.25) is 10.0 Å². The van der Waals surface area contributed by atoms with Gasteiger partial charge < -0.3 is 4.90 Å². The maximum absolute atomic E-state index is 12.6. The van der Waals surface area contributed by atoms with Gasteiger partial charge in [-0.25, -0.2) is 18.1 Å². The number of nitrogens with one attached hydrogen (secondary N) is 1. The second-order valence-corrected chi connectivity index (χ2v) is 10.2. The van der Waals surface area contributed by atoms with E-state index in [4.69, 9.17) is 0 Å². The van der Waals surface area contributed by atoms with Crippen molar-refractivity contribution in [3.63, 3.8) is 0 Å². The lowest BCUT2D eigenvalue weighted by Gasteiger charge is -2.13. The Bertz CT molecular complexity index is 878. The first-order valence-corrected chi connectivity index (χ1v) is 11.3. The zero-order valence-corrected chi connectivity index (χ0v) is 16.9. The van der Waals surface area contributed by atoms with E-state index in [0.717, 1.165) is 42.8 Å². The number of hydrogen-bond acceptors (Lipinski definition) is 6. The second kappa shape index (κ2) is 7.14. The highest BCUT2D eigenvalue weighted by Gasteiger charge is 2.25. The van der Waals surface area contributed by atoms with E-state index < -0.39 is 10.0 Å². The van der Waals surface area contributed by atoms with Gasteiger partial charge in [-0.15, -0.1) is 22.7 Å². The fourth-order valence-electron chi connectivity index (χ4n) is 2.72. The van der Waals surface area contributed by atoms with Crippen molar-refractivity contribution in [2.45, 2.75) is 43.9 Å². The van der Waals surface area contributed by atoms with Crippen LogP contribution in [-0.4, -0.2) is 43.3 Å². The topological polar surface area (TPSA) is 79.4 Å². The zero-order chi connectivity index (χ0) is 18.2. The van der Waals surface area contributed by atoms with E-state index in [9.17, 15) is 13.2 Å². The van der Waals surface area contributed by atoms with E-state index in [-0.39, 0.29) is 16.2 Å². The highest BCUT2D eigenvalue weighted by Crippen LogP contribution is 2.33. The van der Waals surface area contributed by atoms with Crippen LogP contribution in [0.5, 0.6) is 0 Å². The van der Waals surface area contributed by atoms with Crippen molar-refractivity contribution in [3.05, 3.63) is 22.0 Å². The molecule has 6 nitrogen and oxygen atoms in total. The van der Waals surface area contributed by atoms with Crippen molar-refractivity contribution in [2.75, 3.05) is 13.1 Å². The van der Waals surface area contributed by atoms with Crippen molar-refractivity contribution in [1.82, 2.24) is 14.6 Å². The number of rotatable bonds is 5. The lowest BCUT2D eigenvalue weighted by molar-refractivity contribution is 0.0796. The monoisotopic (exact) mass is 399 g/mol. The first-order chi connectivity index (χ1) is 11.8. The number of thiazole rings is 1. The molecule has 1 amide bonds. The Morgan fingerprint density at radius 3 is 2.64 bits per heavy atom. The molecule has 1 N–H and O–H groups in total. The molecule has 1 aliphatic heterocycles. The van der Waals surface area contributed by atoms with Gasteiger partial charge in [0.1, 0.15) is 14.1 Å². The number of thiophene rings is 1. The van der Waals surface area contributed by atoms with E-state index in [1.165, 1.54) is 11.3 Å². The van der Waals surface area contributed by atoms with Crippen LogP contribution in [0.3, 0.4) is 0 Å². The molecular formula is C16H21N3O3S3. The Morgan fingerprint density at radius 1 is 1.32 bits per heavy atom. The molecule has 9 heteroatoms. The standard InChI is InChI=1S/C16H21N3O3S3/c1-10(2)18-25(21,22)13-8-12(9-23-13)15-17-11(3)14(24-15)16(20)19-6-4-5-7-19/h8-10,18H,4-7H2,1-3H3. The average Bonchev–Trinajstić information content (AvgIpc) is 3.26. The van der Waals surface area contributed by atoms with Gasteiger partial charge in [-0.3, -0.25) is 4.79 Å². The van der Waals surface area contributed by atoms with Crippen molar-refractivity contribution >= 4 is 38.6 Å². The van der Waals surface area contributed by atoms with Crippen LogP contribution in [0.25, 0.3) is 10.6 Å². The summed E-state index contributed by atoms with van der Waals surface area (Å²) >= 11 is 2.50. The van der Waals surface area contributed by atoms with Gasteiger partial charge in [0.15, 0.2) is 0 Å². The van der Waals surface area contributed by atoms with Crippen LogP contribution in [-0.2, 0) is 10.0 Å². The third-order valence-electron chi connectivity index (χ3n) is 3.86. The number of sulfonamides is 1. The molecule has 2 aromatic rings. The van der Waals surface area contributed by atoms with Gasteiger partial charge in [-0.1, -0.05) is 0 Å². The second-order valence-electron chi connectivity index (χ2n) is 6.36. The molecule has 1 aliphatic rings. The molecule has 0 unspecified atom stereocenters. The van der Waals surface area contributed by atoms with Crippen molar-refractivity contribution in [2.24, 2.45) is 0 Å². The van der Waals surface area contributed by atoms with Crippen LogP contribution in [0.15, 0.2) is 15.7 Å². The highest BCUT2D eigenvalue weighted by molar-refractivity contribution is 7.91. The molecule has 3 rings (SSSR count). The van der Waals surface area contributed by atoms with Gasteiger partial charge in [0, 0.05) is 30.1 Å². The molecule has 25 heavy (non-hydrogen) atoms. The lowest BCUT2D eigenvalue weighted by Crippen LogP contribution is -2.29. The number of hydrogen-bond donors (Lipinski definition) is 1. The number of carbonyl (C=O) groups is 1. The maximum atomic E-state index is 12.6. The number of aromatic nitrogens is 1. The predicted octanol–water partition coefficient (Wildman–Crippen LogP) is 3.10. The van der Waals surface area contributed by atoms with Crippen LogP contribution in [0.2, 0.25) is 0 Å². The van der Waals surface area contributed by atoms with Crippen molar-refractivity contribution < 1.29 is 13.2 Å². The number of carbonyl (C=O) groups excluding carboxylic acids is 1. The molecule has 0 radical (unpaired) electrons. The smallest absolute Gasteiger partial charge is 0.265 e. The Balaban J connectivity index is 1.86. The van der Waals surface area contributed by atoms with Crippen LogP contribution < -0.4 is 4.72 Å². The summed E-state index contributed by atoms with van der Waals surface area (Å²) < 4.78 is 27.4. The minimum Gasteiger partial charge on any atom is -0.338 e. The third-order valence-corrected chi connectivity index (χ3v) is 8.15. The van der Waals surface area contributed by atoms with Crippen LogP contribution >= 0.6 is 22.7 Å². The molecule has 0 aliphatic carbocycles. The summed E-state index contributed by atoms with van der Waals surface area (Å²) in [7, 11) is -3.51. The van der Waals surface area contributed by atoms with Crippen LogP contribution in [0.4, 0.5) is 0 Å². The lowest BCUT2D eigenvalue weighted by atomic mass is 10.3. The largest absolute Gasteiger partial charge is 0.338 e. The summed E-state index contributed by atoms with van der Waals surface area (Å²) in [6, 6.07) is 1.46. The molecular weight excluding hydrogens is 378 g/mol. The number of aryl methyl sites for hydroxylation is 1. The molecule has 3 heterocycles. The normalized spacial score (nSPS) is 15.3. The zero-order valence-electron chi connectivity index (χ0n) is 14.4. The number of likely N-dealkylation sites (tertiary alicyclic amines) is 1. The van der Waals surface area contributed by atoms with Crippen LogP contribution in [0.1, 0.15) is 42.1 Å². The van der Waals surface area contributed by atoms with Crippen molar-refractivity contribution in [1.29, 1.82) is 0 Å². The minimum absolute atomic E-state index is 0.0308. The summed E-state index contributed by atoms with van der Waals surface area (Å²) in [5.41, 5.74) is 1.44. The molecule has 0 atom stereocenters. The maximum Gasteiger partial charge on any atom is 0.265 e. The van der Waals surface area contributed by atoms with Gasteiger partial charge in [-0.05, 0) is 39.7 Å². The molecule has 0 aromatic carbocycles. The molecule has 2 aromatic heterocycles. The van der Waals surface area contributed by atoms with Gasteiger partial charge in [-0.2, -0.15) is 0 Å². The molecule has 136 valence electrons. The summed E-state index contributed by atoms with van der Waals surface area (Å²) in [4.78, 5) is 19.6. The van der Waals surface area contributed by atoms with E-state index in [1.54, 1.807) is 25.3 Å². The first-order valence-electron chi connectivity index (χ1n) is 8.16. The number of nitrogens with zero attached hydrogens (tertiary/aromatic N) is 2. The third kappa shape index (κ3) is 3.94. The SMILES string of the molecule is Cc1nc(-c2csc(S(=O)(=O)NC(C)C)c2)sc1C(=O)N1CCCC1. The average molecular weight is 400 g/mol. The van der Waals surface area contributed by atoms with E-state index in [2.05, 4.69) is 9.71 Å². The Hall–Kier alpha value is -1.29. The summed E-state index contributed by atoms with van der Waals surface area (Å²) in [5, 5.41) is 2.46. The first kappa shape index (κ1) is 18.5. The molecule has 1 saturated heterocycles. The quantitative estimate of drug-likeness (QED) is 0.838. The van der Waals surface area contributed by atoms with E-state index in [0.29, 0.717) is 15.6 Å². The Kier molecular flexibility index (Phi) is 5.29. The van der Waals surface area contributed by atoms with E-state index in [1.807, 2.05) is 11.8 Å². The van der Waals surface area contributed by atoms with Crippen molar-refractivity contribution in [3.8, 4) is 10.6 Å². The Labute approximate surface area is 155 Å². The van der Waals surface area contributed by atoms with Gasteiger partial charge in [0.05, 0.1) is 5.69 Å². The summed E-state index contributed by atoms with van der Waals surface area (Å²) in [5.74, 6) is 0.0308. The summed E-state index contributed by atoms with van der Waals surface area (Å²) in [6.45, 7) is 6.99. The summed E-state index contributed by atoms with van der Waals surface area (Å²) in [6.07, 6.45) is 2.09. The highest BCUT2D eigenvalue weighted by atomic mass is 32.2. The molecule has 0 bridgehead atoms. The molecule has 0 saturated carbocycles. The van der Waals surface area contributed by atoms with Crippen LogP contribution in [0, 0.1) is 6.92 Å². The van der Waals surface area contributed by atoms with Gasteiger partial charge >= 0.3 is 0 Å².